The smallest absolute Gasteiger partial charge is 0.222 e. The van der Waals surface area contributed by atoms with E-state index in [9.17, 15) is 4.79 Å². The molecule has 0 rings (SSSR count). The Morgan fingerprint density at radius 2 is 1.75 bits per heavy atom. The number of hydrogen-bond donors (Lipinski definition) is 0. The molecule has 1 amide bonds. The summed E-state index contributed by atoms with van der Waals surface area (Å²) in [5.74, 6) is 0.334. The summed E-state index contributed by atoms with van der Waals surface area (Å²) in [6.07, 6.45) is 5.15. The topological polar surface area (TPSA) is 20.3 Å². The van der Waals surface area contributed by atoms with E-state index in [4.69, 9.17) is 0 Å². The third-order valence-corrected chi connectivity index (χ3v) is 2.83. The molecule has 0 saturated heterocycles. The molecule has 0 N–H and O–H groups in total. The van der Waals surface area contributed by atoms with Gasteiger partial charge in [-0.25, -0.2) is 0 Å². The maximum absolute atomic E-state index is 11.9. The van der Waals surface area contributed by atoms with E-state index in [2.05, 4.69) is 34.6 Å². The van der Waals surface area contributed by atoms with Gasteiger partial charge in [-0.15, -0.1) is 0 Å². The Morgan fingerprint density at radius 1 is 1.12 bits per heavy atom. The number of unbranched alkanes of at least 4 members (excludes halogenated alkanes) is 1. The monoisotopic (exact) mass is 227 g/mol. The summed E-state index contributed by atoms with van der Waals surface area (Å²) in [5.41, 5.74) is 0.348. The molecule has 0 aromatic heterocycles. The highest BCUT2D eigenvalue weighted by Gasteiger charge is 2.14. The van der Waals surface area contributed by atoms with Gasteiger partial charge in [-0.3, -0.25) is 4.79 Å². The van der Waals surface area contributed by atoms with Crippen LogP contribution in [0.5, 0.6) is 0 Å². The Balaban J connectivity index is 3.84. The van der Waals surface area contributed by atoms with Crippen LogP contribution in [-0.2, 0) is 4.79 Å². The summed E-state index contributed by atoms with van der Waals surface area (Å²) in [4.78, 5) is 13.9. The molecule has 0 heterocycles. The first-order valence-electron chi connectivity index (χ1n) is 6.68. The molecule has 16 heavy (non-hydrogen) atoms. The average Bonchev–Trinajstić information content (AvgIpc) is 2.17. The first-order chi connectivity index (χ1) is 7.40. The van der Waals surface area contributed by atoms with Gasteiger partial charge in [0.15, 0.2) is 0 Å². The van der Waals surface area contributed by atoms with Gasteiger partial charge in [0.25, 0.3) is 0 Å². The molecule has 0 spiro atoms. The van der Waals surface area contributed by atoms with Crippen molar-refractivity contribution in [2.24, 2.45) is 5.41 Å². The maximum Gasteiger partial charge on any atom is 0.222 e. The molecular weight excluding hydrogens is 198 g/mol. The molecular formula is C14H29NO. The van der Waals surface area contributed by atoms with Gasteiger partial charge in [-0.1, -0.05) is 34.1 Å². The molecule has 0 bridgehead atoms. The zero-order chi connectivity index (χ0) is 12.6. The van der Waals surface area contributed by atoms with Crippen molar-refractivity contribution < 1.29 is 4.79 Å². The molecule has 0 aliphatic rings. The highest BCUT2D eigenvalue weighted by atomic mass is 16.2. The highest BCUT2D eigenvalue weighted by Crippen LogP contribution is 2.21. The van der Waals surface area contributed by atoms with Crippen molar-refractivity contribution in [2.75, 3.05) is 13.1 Å². The number of nitrogens with zero attached hydrogens (tertiary/aromatic N) is 1. The zero-order valence-corrected chi connectivity index (χ0v) is 11.8. The third kappa shape index (κ3) is 7.72. The summed E-state index contributed by atoms with van der Waals surface area (Å²) in [6.45, 7) is 12.7. The largest absolute Gasteiger partial charge is 0.343 e. The van der Waals surface area contributed by atoms with E-state index >= 15 is 0 Å². The Labute approximate surface area is 101 Å². The van der Waals surface area contributed by atoms with Crippen LogP contribution in [0.1, 0.15) is 66.7 Å². The molecule has 0 aliphatic heterocycles. The molecule has 0 aromatic rings. The van der Waals surface area contributed by atoms with E-state index in [-0.39, 0.29) is 0 Å². The molecule has 0 atom stereocenters. The minimum Gasteiger partial charge on any atom is -0.343 e. The van der Waals surface area contributed by atoms with Crippen LogP contribution in [0.4, 0.5) is 0 Å². The van der Waals surface area contributed by atoms with Gasteiger partial charge >= 0.3 is 0 Å². The summed E-state index contributed by atoms with van der Waals surface area (Å²) >= 11 is 0. The maximum atomic E-state index is 11.9. The van der Waals surface area contributed by atoms with Gasteiger partial charge in [0.05, 0.1) is 0 Å². The van der Waals surface area contributed by atoms with Crippen molar-refractivity contribution in [1.29, 1.82) is 0 Å². The number of carbonyl (C=O) groups excluding carboxylic acids is 1. The molecule has 0 unspecified atom stereocenters. The summed E-state index contributed by atoms with van der Waals surface area (Å²) < 4.78 is 0. The highest BCUT2D eigenvalue weighted by molar-refractivity contribution is 5.76. The molecule has 0 fully saturated rings. The molecule has 96 valence electrons. The van der Waals surface area contributed by atoms with Gasteiger partial charge in [0.1, 0.15) is 0 Å². The third-order valence-electron chi connectivity index (χ3n) is 2.83. The van der Waals surface area contributed by atoms with Crippen molar-refractivity contribution in [1.82, 2.24) is 4.90 Å². The van der Waals surface area contributed by atoms with Crippen molar-refractivity contribution in [2.45, 2.75) is 66.7 Å². The number of carbonyl (C=O) groups is 1. The van der Waals surface area contributed by atoms with E-state index < -0.39 is 0 Å². The minimum atomic E-state index is 0.334. The van der Waals surface area contributed by atoms with Crippen LogP contribution in [0.25, 0.3) is 0 Å². The van der Waals surface area contributed by atoms with Gasteiger partial charge < -0.3 is 4.90 Å². The molecule has 0 radical (unpaired) electrons. The van der Waals surface area contributed by atoms with Crippen LogP contribution < -0.4 is 0 Å². The lowest BCUT2D eigenvalue weighted by Gasteiger charge is -2.22. The quantitative estimate of drug-likeness (QED) is 0.647. The minimum absolute atomic E-state index is 0.334. The lowest BCUT2D eigenvalue weighted by atomic mass is 9.90. The van der Waals surface area contributed by atoms with Crippen molar-refractivity contribution >= 4 is 5.91 Å². The zero-order valence-electron chi connectivity index (χ0n) is 11.8. The van der Waals surface area contributed by atoms with Crippen molar-refractivity contribution in [3.8, 4) is 0 Å². The lowest BCUT2D eigenvalue weighted by Crippen LogP contribution is -2.31. The van der Waals surface area contributed by atoms with E-state index in [0.717, 1.165) is 45.2 Å². The van der Waals surface area contributed by atoms with Gasteiger partial charge in [0.2, 0.25) is 5.91 Å². The van der Waals surface area contributed by atoms with Crippen LogP contribution in [0.2, 0.25) is 0 Å². The van der Waals surface area contributed by atoms with Crippen LogP contribution >= 0.6 is 0 Å². The van der Waals surface area contributed by atoms with Gasteiger partial charge in [0, 0.05) is 19.5 Å². The van der Waals surface area contributed by atoms with E-state index in [1.165, 1.54) is 0 Å². The number of amides is 1. The Kier molecular flexibility index (Phi) is 7.44. The standard InChI is InChI=1S/C14H29NO/c1-6-8-12-15(7-2)13(16)10-9-11-14(3,4)5/h6-12H2,1-5H3. The fourth-order valence-electron chi connectivity index (χ4n) is 1.74. The first-order valence-corrected chi connectivity index (χ1v) is 6.68. The summed E-state index contributed by atoms with van der Waals surface area (Å²) in [7, 11) is 0. The van der Waals surface area contributed by atoms with Gasteiger partial charge in [-0.05, 0) is 31.6 Å². The Bertz CT molecular complexity index is 193. The second kappa shape index (κ2) is 7.70. The van der Waals surface area contributed by atoms with Crippen LogP contribution in [-0.4, -0.2) is 23.9 Å². The van der Waals surface area contributed by atoms with Crippen LogP contribution in [0.15, 0.2) is 0 Å². The molecule has 0 aliphatic carbocycles. The summed E-state index contributed by atoms with van der Waals surface area (Å²) in [6, 6.07) is 0. The fraction of sp³-hybridized carbons (Fsp3) is 0.929. The Morgan fingerprint density at radius 3 is 2.19 bits per heavy atom. The molecule has 0 aromatic carbocycles. The second-order valence-corrected chi connectivity index (χ2v) is 5.74. The SMILES string of the molecule is CCCCN(CC)C(=O)CCCC(C)(C)C. The lowest BCUT2D eigenvalue weighted by molar-refractivity contribution is -0.131. The fourth-order valence-corrected chi connectivity index (χ4v) is 1.74. The number of rotatable bonds is 7. The van der Waals surface area contributed by atoms with E-state index in [1.54, 1.807) is 0 Å². The predicted octanol–water partition coefficient (Wildman–Crippen LogP) is 3.85. The van der Waals surface area contributed by atoms with Gasteiger partial charge in [-0.2, -0.15) is 0 Å². The first kappa shape index (κ1) is 15.5. The molecule has 0 saturated carbocycles. The normalized spacial score (nSPS) is 11.6. The van der Waals surface area contributed by atoms with Crippen molar-refractivity contribution in [3.05, 3.63) is 0 Å². The molecule has 2 heteroatoms. The predicted molar refractivity (Wildman–Crippen MR) is 70.5 cm³/mol. The van der Waals surface area contributed by atoms with E-state index in [0.29, 0.717) is 11.3 Å². The number of hydrogen-bond acceptors (Lipinski definition) is 1. The van der Waals surface area contributed by atoms with Crippen LogP contribution in [0.3, 0.4) is 0 Å². The van der Waals surface area contributed by atoms with Crippen LogP contribution in [0, 0.1) is 5.41 Å². The average molecular weight is 227 g/mol. The second-order valence-electron chi connectivity index (χ2n) is 5.74. The summed E-state index contributed by atoms with van der Waals surface area (Å²) in [5, 5.41) is 0. The van der Waals surface area contributed by atoms with E-state index in [1.807, 2.05) is 4.90 Å². The van der Waals surface area contributed by atoms with Crippen molar-refractivity contribution in [3.63, 3.8) is 0 Å². The molecule has 2 nitrogen and oxygen atoms in total. The Hall–Kier alpha value is -0.530.